The summed E-state index contributed by atoms with van der Waals surface area (Å²) in [5.74, 6) is 0.837. The first-order chi connectivity index (χ1) is 11.3. The topological polar surface area (TPSA) is 45.5 Å². The first-order valence-electron chi connectivity index (χ1n) is 8.11. The van der Waals surface area contributed by atoms with E-state index < -0.39 is 0 Å². The number of amides is 1. The molecular formula is C19H22N2O2. The van der Waals surface area contributed by atoms with Crippen LogP contribution in [-0.4, -0.2) is 30.4 Å². The molecule has 0 spiro atoms. The van der Waals surface area contributed by atoms with Crippen molar-refractivity contribution in [2.45, 2.75) is 18.9 Å². The number of rotatable bonds is 6. The zero-order valence-corrected chi connectivity index (χ0v) is 13.2. The molecule has 1 saturated heterocycles. The molecule has 1 aliphatic heterocycles. The van der Waals surface area contributed by atoms with E-state index in [0.29, 0.717) is 6.54 Å². The lowest BCUT2D eigenvalue weighted by Crippen LogP contribution is -2.36. The second-order valence-corrected chi connectivity index (χ2v) is 5.76. The maximum atomic E-state index is 12.1. The number of benzene rings is 1. The van der Waals surface area contributed by atoms with E-state index in [1.54, 1.807) is 12.3 Å². The van der Waals surface area contributed by atoms with Gasteiger partial charge in [-0.05, 0) is 49.7 Å². The van der Waals surface area contributed by atoms with Crippen LogP contribution < -0.4 is 5.32 Å². The van der Waals surface area contributed by atoms with E-state index in [-0.39, 0.29) is 11.9 Å². The molecule has 0 unspecified atom stereocenters. The van der Waals surface area contributed by atoms with Gasteiger partial charge < -0.3 is 9.73 Å². The van der Waals surface area contributed by atoms with E-state index >= 15 is 0 Å². The van der Waals surface area contributed by atoms with Gasteiger partial charge in [0.05, 0.1) is 12.3 Å². The van der Waals surface area contributed by atoms with Crippen molar-refractivity contribution in [3.63, 3.8) is 0 Å². The quantitative estimate of drug-likeness (QED) is 0.833. The largest absolute Gasteiger partial charge is 0.468 e. The molecule has 1 amide bonds. The van der Waals surface area contributed by atoms with Gasteiger partial charge in [0.25, 0.3) is 0 Å². The Kier molecular flexibility index (Phi) is 5.27. The van der Waals surface area contributed by atoms with Crippen LogP contribution in [-0.2, 0) is 4.79 Å². The Morgan fingerprint density at radius 1 is 1.17 bits per heavy atom. The fourth-order valence-electron chi connectivity index (χ4n) is 2.94. The molecule has 1 aromatic carbocycles. The molecular weight excluding hydrogens is 288 g/mol. The van der Waals surface area contributed by atoms with Gasteiger partial charge in [0, 0.05) is 12.6 Å². The fraction of sp³-hybridized carbons (Fsp3) is 0.316. The Morgan fingerprint density at radius 2 is 1.96 bits per heavy atom. The molecule has 0 bridgehead atoms. The molecule has 1 atom stereocenters. The zero-order valence-electron chi connectivity index (χ0n) is 13.2. The van der Waals surface area contributed by atoms with Gasteiger partial charge in [0.15, 0.2) is 0 Å². The number of likely N-dealkylation sites (tertiary alicyclic amines) is 1. The maximum absolute atomic E-state index is 12.1. The number of nitrogens with one attached hydrogen (secondary N) is 1. The van der Waals surface area contributed by atoms with Crippen molar-refractivity contribution >= 4 is 12.0 Å². The smallest absolute Gasteiger partial charge is 0.244 e. The van der Waals surface area contributed by atoms with Crippen LogP contribution in [0.4, 0.5) is 0 Å². The van der Waals surface area contributed by atoms with Crippen LogP contribution in [0.2, 0.25) is 0 Å². The molecule has 4 heteroatoms. The molecule has 1 fully saturated rings. The van der Waals surface area contributed by atoms with Crippen molar-refractivity contribution in [2.75, 3.05) is 19.6 Å². The van der Waals surface area contributed by atoms with Crippen molar-refractivity contribution in [2.24, 2.45) is 0 Å². The Bertz CT molecular complexity index is 629. The number of hydrogen-bond acceptors (Lipinski definition) is 3. The Morgan fingerprint density at radius 3 is 2.65 bits per heavy atom. The molecule has 2 heterocycles. The molecule has 2 aromatic rings. The molecule has 1 aromatic heterocycles. The summed E-state index contributed by atoms with van der Waals surface area (Å²) in [5, 5.41) is 2.99. The van der Waals surface area contributed by atoms with Crippen LogP contribution in [0.3, 0.4) is 0 Å². The average molecular weight is 310 g/mol. The van der Waals surface area contributed by atoms with Gasteiger partial charge in [-0.15, -0.1) is 0 Å². The molecule has 1 N–H and O–H groups in total. The lowest BCUT2D eigenvalue weighted by molar-refractivity contribution is -0.116. The van der Waals surface area contributed by atoms with Crippen molar-refractivity contribution < 1.29 is 9.21 Å². The average Bonchev–Trinajstić information content (AvgIpc) is 3.28. The van der Waals surface area contributed by atoms with E-state index in [1.165, 1.54) is 12.8 Å². The van der Waals surface area contributed by atoms with Crippen molar-refractivity contribution in [1.29, 1.82) is 0 Å². The highest BCUT2D eigenvalue weighted by atomic mass is 16.3. The van der Waals surface area contributed by atoms with E-state index in [4.69, 9.17) is 4.42 Å². The fourth-order valence-corrected chi connectivity index (χ4v) is 2.94. The standard InChI is InChI=1S/C19H22N2O2/c22-19(11-10-16-7-2-1-3-8-16)20-15-17(18-9-6-14-23-18)21-12-4-5-13-21/h1-3,6-11,14,17H,4-5,12-13,15H2,(H,20,22)/b11-10+/t17-/m0/s1. The highest BCUT2D eigenvalue weighted by molar-refractivity contribution is 5.91. The first-order valence-corrected chi connectivity index (χ1v) is 8.11. The summed E-state index contributed by atoms with van der Waals surface area (Å²) in [4.78, 5) is 14.4. The number of furan rings is 1. The molecule has 0 aliphatic carbocycles. The molecule has 1 aliphatic rings. The van der Waals surface area contributed by atoms with Crippen LogP contribution in [0.5, 0.6) is 0 Å². The van der Waals surface area contributed by atoms with E-state index in [9.17, 15) is 4.79 Å². The number of nitrogens with zero attached hydrogens (tertiary/aromatic N) is 1. The van der Waals surface area contributed by atoms with Gasteiger partial charge in [-0.2, -0.15) is 0 Å². The van der Waals surface area contributed by atoms with Gasteiger partial charge in [0.2, 0.25) is 5.91 Å². The minimum Gasteiger partial charge on any atom is -0.468 e. The highest BCUT2D eigenvalue weighted by Gasteiger charge is 2.25. The van der Waals surface area contributed by atoms with Gasteiger partial charge in [-0.1, -0.05) is 30.3 Å². The summed E-state index contributed by atoms with van der Waals surface area (Å²) in [5.41, 5.74) is 1.02. The zero-order chi connectivity index (χ0) is 15.9. The highest BCUT2D eigenvalue weighted by Crippen LogP contribution is 2.24. The molecule has 3 rings (SSSR count). The lowest BCUT2D eigenvalue weighted by Gasteiger charge is -2.25. The summed E-state index contributed by atoms with van der Waals surface area (Å²) in [6, 6.07) is 13.8. The molecule has 23 heavy (non-hydrogen) atoms. The normalized spacial score (nSPS) is 16.7. The predicted molar refractivity (Wildman–Crippen MR) is 90.7 cm³/mol. The third kappa shape index (κ3) is 4.33. The minimum absolute atomic E-state index is 0.0791. The Hall–Kier alpha value is -2.33. The molecule has 0 radical (unpaired) electrons. The van der Waals surface area contributed by atoms with Crippen LogP contribution in [0.15, 0.2) is 59.2 Å². The number of carbonyl (C=O) groups is 1. The summed E-state index contributed by atoms with van der Waals surface area (Å²) in [7, 11) is 0. The lowest BCUT2D eigenvalue weighted by atomic mass is 10.2. The van der Waals surface area contributed by atoms with E-state index in [2.05, 4.69) is 10.2 Å². The first kappa shape index (κ1) is 15.6. The number of carbonyl (C=O) groups excluding carboxylic acids is 1. The monoisotopic (exact) mass is 310 g/mol. The van der Waals surface area contributed by atoms with Crippen molar-refractivity contribution in [1.82, 2.24) is 10.2 Å². The molecule has 120 valence electrons. The Labute approximate surface area is 136 Å². The predicted octanol–water partition coefficient (Wildman–Crippen LogP) is 3.25. The third-order valence-electron chi connectivity index (χ3n) is 4.15. The molecule has 0 saturated carbocycles. The van der Waals surface area contributed by atoms with Gasteiger partial charge in [-0.3, -0.25) is 9.69 Å². The van der Waals surface area contributed by atoms with Gasteiger partial charge >= 0.3 is 0 Å². The summed E-state index contributed by atoms with van der Waals surface area (Å²) >= 11 is 0. The SMILES string of the molecule is O=C(/C=C/c1ccccc1)NC[C@@H](c1ccco1)N1CCCC1. The van der Waals surface area contributed by atoms with Crippen LogP contribution in [0.1, 0.15) is 30.2 Å². The summed E-state index contributed by atoms with van der Waals surface area (Å²) < 4.78 is 5.56. The van der Waals surface area contributed by atoms with Crippen molar-refractivity contribution in [3.05, 3.63) is 66.1 Å². The van der Waals surface area contributed by atoms with Crippen molar-refractivity contribution in [3.8, 4) is 0 Å². The molecule has 4 nitrogen and oxygen atoms in total. The van der Waals surface area contributed by atoms with E-state index in [0.717, 1.165) is 24.4 Å². The van der Waals surface area contributed by atoms with Gasteiger partial charge in [0.1, 0.15) is 5.76 Å². The van der Waals surface area contributed by atoms with E-state index in [1.807, 2.05) is 48.5 Å². The van der Waals surface area contributed by atoms with Crippen LogP contribution in [0.25, 0.3) is 6.08 Å². The second-order valence-electron chi connectivity index (χ2n) is 5.76. The minimum atomic E-state index is -0.0791. The van der Waals surface area contributed by atoms with Crippen LogP contribution in [0, 0.1) is 0 Å². The van der Waals surface area contributed by atoms with Crippen LogP contribution >= 0.6 is 0 Å². The Balaban J connectivity index is 1.58. The second kappa shape index (κ2) is 7.79. The maximum Gasteiger partial charge on any atom is 0.244 e. The summed E-state index contributed by atoms with van der Waals surface area (Å²) in [6.45, 7) is 2.67. The number of hydrogen-bond donors (Lipinski definition) is 1. The summed E-state index contributed by atoms with van der Waals surface area (Å²) in [6.07, 6.45) is 7.51. The van der Waals surface area contributed by atoms with Gasteiger partial charge in [-0.25, -0.2) is 0 Å². The third-order valence-corrected chi connectivity index (χ3v) is 4.15.